The molecule has 0 unspecified atom stereocenters. The first-order chi connectivity index (χ1) is 19.2. The lowest BCUT2D eigenvalue weighted by molar-refractivity contribution is -0.133. The van der Waals surface area contributed by atoms with Crippen LogP contribution in [-0.4, -0.2) is 107 Å². The second kappa shape index (κ2) is 12.1. The van der Waals surface area contributed by atoms with Crippen molar-refractivity contribution in [3.05, 3.63) is 46.7 Å². The number of ether oxygens (including phenoxy) is 1. The summed E-state index contributed by atoms with van der Waals surface area (Å²) in [4.78, 5) is 35.7. The normalized spacial score (nSPS) is 25.9. The number of hydrogen-bond acceptors (Lipinski definition) is 9. The van der Waals surface area contributed by atoms with E-state index in [2.05, 4.69) is 25.4 Å². The first-order valence-corrected chi connectivity index (χ1v) is 15.5. The first-order valence-electron chi connectivity index (χ1n) is 13.6. The van der Waals surface area contributed by atoms with Gasteiger partial charge in [-0.2, -0.15) is 0 Å². The number of sulfone groups is 1. The van der Waals surface area contributed by atoms with Crippen LogP contribution in [0.3, 0.4) is 0 Å². The summed E-state index contributed by atoms with van der Waals surface area (Å²) >= 11 is 0. The van der Waals surface area contributed by atoms with Crippen LogP contribution in [0.1, 0.15) is 45.4 Å². The summed E-state index contributed by atoms with van der Waals surface area (Å²) in [7, 11) is -3.25. The van der Waals surface area contributed by atoms with E-state index in [1.807, 2.05) is 13.0 Å². The Morgan fingerprint density at radius 1 is 1.15 bits per heavy atom. The Morgan fingerprint density at radius 2 is 1.95 bits per heavy atom. The number of allylic oxidation sites excluding steroid dienone is 7. The van der Waals surface area contributed by atoms with Gasteiger partial charge in [0, 0.05) is 55.0 Å². The fourth-order valence-electron chi connectivity index (χ4n) is 5.68. The molecule has 5 rings (SSSR count). The molecule has 40 heavy (non-hydrogen) atoms. The molecule has 0 saturated carbocycles. The van der Waals surface area contributed by atoms with Crippen molar-refractivity contribution in [2.75, 3.05) is 39.1 Å². The van der Waals surface area contributed by atoms with Crippen molar-refractivity contribution < 1.29 is 22.7 Å². The molecule has 12 nitrogen and oxygen atoms in total. The van der Waals surface area contributed by atoms with Crippen molar-refractivity contribution in [1.82, 2.24) is 30.0 Å². The minimum absolute atomic E-state index is 0.0336. The van der Waals surface area contributed by atoms with Crippen molar-refractivity contribution >= 4 is 33.1 Å². The van der Waals surface area contributed by atoms with Crippen LogP contribution in [0.15, 0.2) is 51.7 Å². The van der Waals surface area contributed by atoms with E-state index in [0.29, 0.717) is 56.1 Å². The number of aromatic nitrogens is 4. The smallest absolute Gasteiger partial charge is 0.268 e. The first kappa shape index (κ1) is 28.2. The molecular weight excluding hydrogens is 534 g/mol. The molecule has 0 N–H and O–H groups in total. The van der Waals surface area contributed by atoms with Crippen LogP contribution in [-0.2, 0) is 24.2 Å². The third kappa shape index (κ3) is 6.53. The molecule has 1 aromatic heterocycles. The molecule has 0 bridgehead atoms. The highest BCUT2D eigenvalue weighted by atomic mass is 32.2. The zero-order valence-corrected chi connectivity index (χ0v) is 23.7. The summed E-state index contributed by atoms with van der Waals surface area (Å²) in [5.74, 6) is -0.608. The van der Waals surface area contributed by atoms with Crippen molar-refractivity contribution in [3.8, 4) is 0 Å². The van der Waals surface area contributed by atoms with Crippen LogP contribution in [0.5, 0.6) is 0 Å². The van der Waals surface area contributed by atoms with Crippen molar-refractivity contribution in [2.45, 2.75) is 57.5 Å². The van der Waals surface area contributed by atoms with Crippen LogP contribution in [0, 0.1) is 0 Å². The van der Waals surface area contributed by atoms with Crippen LogP contribution >= 0.6 is 0 Å². The Hall–Kier alpha value is -3.29. The highest BCUT2D eigenvalue weighted by molar-refractivity contribution is 7.94. The minimum atomic E-state index is -3.25. The van der Waals surface area contributed by atoms with Gasteiger partial charge in [-0.3, -0.25) is 14.5 Å². The molecule has 2 atom stereocenters. The average molecular weight is 570 g/mol. The average Bonchev–Trinajstić information content (AvgIpc) is 3.63. The highest BCUT2D eigenvalue weighted by Gasteiger charge is 2.41. The van der Waals surface area contributed by atoms with E-state index < -0.39 is 15.9 Å². The summed E-state index contributed by atoms with van der Waals surface area (Å²) in [6.45, 7) is 5.23. The molecule has 4 aliphatic rings. The van der Waals surface area contributed by atoms with Gasteiger partial charge in [-0.25, -0.2) is 18.1 Å². The third-order valence-electron chi connectivity index (χ3n) is 7.90. The third-order valence-corrected chi connectivity index (χ3v) is 9.22. The van der Waals surface area contributed by atoms with Gasteiger partial charge in [-0.1, -0.05) is 17.7 Å². The van der Waals surface area contributed by atoms with E-state index in [4.69, 9.17) is 4.74 Å². The van der Waals surface area contributed by atoms with Gasteiger partial charge in [0.2, 0.25) is 5.91 Å². The van der Waals surface area contributed by atoms with Crippen molar-refractivity contribution in [2.24, 2.45) is 4.99 Å². The SMILES string of the molecule is CC1=CC(/C=C/C(=O)N2C[C@@H](N3CCOCC3)C[C@H]2C(=O)N=C2CC=C(S(C)(=O)=O)CC2)=C(n2cnnn2)CC1. The second-order valence-electron chi connectivity index (χ2n) is 10.7. The summed E-state index contributed by atoms with van der Waals surface area (Å²) in [5, 5.41) is 11.5. The van der Waals surface area contributed by atoms with E-state index in [1.54, 1.807) is 28.1 Å². The van der Waals surface area contributed by atoms with Gasteiger partial charge in [0.25, 0.3) is 5.91 Å². The Kier molecular flexibility index (Phi) is 8.52. The monoisotopic (exact) mass is 569 g/mol. The Morgan fingerprint density at radius 3 is 2.62 bits per heavy atom. The van der Waals surface area contributed by atoms with Crippen LogP contribution in [0.25, 0.3) is 5.70 Å². The van der Waals surface area contributed by atoms with E-state index >= 15 is 0 Å². The number of morpholine rings is 1. The highest BCUT2D eigenvalue weighted by Crippen LogP contribution is 2.29. The Balaban J connectivity index is 1.37. The molecule has 2 saturated heterocycles. The zero-order chi connectivity index (χ0) is 28.3. The van der Waals surface area contributed by atoms with Crippen LogP contribution in [0.4, 0.5) is 0 Å². The van der Waals surface area contributed by atoms with Crippen LogP contribution in [0.2, 0.25) is 0 Å². The van der Waals surface area contributed by atoms with Gasteiger partial charge in [-0.15, -0.1) is 5.10 Å². The summed E-state index contributed by atoms with van der Waals surface area (Å²) in [6, 6.07) is -0.652. The Bertz CT molecular complexity index is 1400. The van der Waals surface area contributed by atoms with E-state index in [-0.39, 0.29) is 17.9 Å². The van der Waals surface area contributed by atoms with Crippen molar-refractivity contribution in [1.29, 1.82) is 0 Å². The number of nitrogens with zero attached hydrogens (tertiary/aromatic N) is 7. The number of amides is 2. The van der Waals surface area contributed by atoms with Crippen molar-refractivity contribution in [3.63, 3.8) is 0 Å². The number of likely N-dealkylation sites (tertiary alicyclic amines) is 1. The standard InChI is InChI=1S/C27H35N7O5S/c1-19-3-9-24(34-18-28-30-31-34)20(15-19)4-10-26(35)33-17-22(32-11-13-39-14-12-32)16-25(33)27(36)29-21-5-7-23(8-6-21)40(2,37)38/h4,7,10,15,18,22,25H,3,5-6,8-9,11-14,16-17H2,1-2H3/b10-4+,29-21?/t22-,25-/m0/s1. The maximum Gasteiger partial charge on any atom is 0.268 e. The molecule has 0 radical (unpaired) electrons. The maximum absolute atomic E-state index is 13.6. The predicted octanol–water partition coefficient (Wildman–Crippen LogP) is 1.56. The van der Waals surface area contributed by atoms with E-state index in [9.17, 15) is 18.0 Å². The minimum Gasteiger partial charge on any atom is -0.379 e. The molecule has 1 aromatic rings. The lowest BCUT2D eigenvalue weighted by Crippen LogP contribution is -2.45. The summed E-state index contributed by atoms with van der Waals surface area (Å²) < 4.78 is 30.8. The molecular formula is C27H35N7O5S. The van der Waals surface area contributed by atoms with Gasteiger partial charge in [0.15, 0.2) is 9.84 Å². The lowest BCUT2D eigenvalue weighted by Gasteiger charge is -2.31. The van der Waals surface area contributed by atoms with E-state index in [0.717, 1.165) is 37.2 Å². The number of hydrogen-bond donors (Lipinski definition) is 0. The molecule has 2 fully saturated rings. The van der Waals surface area contributed by atoms with Crippen LogP contribution < -0.4 is 0 Å². The topological polar surface area (TPSA) is 140 Å². The predicted molar refractivity (Wildman–Crippen MR) is 149 cm³/mol. The van der Waals surface area contributed by atoms with Gasteiger partial charge in [-0.05, 0) is 61.1 Å². The zero-order valence-electron chi connectivity index (χ0n) is 22.9. The quantitative estimate of drug-likeness (QED) is 0.467. The number of carbonyl (C=O) groups excluding carboxylic acids is 2. The molecule has 0 spiro atoms. The largest absolute Gasteiger partial charge is 0.379 e. The molecule has 13 heteroatoms. The molecule has 214 valence electrons. The van der Waals surface area contributed by atoms with Gasteiger partial charge >= 0.3 is 0 Å². The molecule has 3 heterocycles. The second-order valence-corrected chi connectivity index (χ2v) is 12.8. The fraction of sp³-hybridized carbons (Fsp3) is 0.556. The Labute approximate surface area is 234 Å². The number of carbonyl (C=O) groups is 2. The number of tetrazole rings is 1. The van der Waals surface area contributed by atoms with Gasteiger partial charge in [0.1, 0.15) is 12.4 Å². The molecule has 2 aliphatic heterocycles. The van der Waals surface area contributed by atoms with Gasteiger partial charge < -0.3 is 9.64 Å². The number of aliphatic imine (C=N–C) groups is 1. The molecule has 2 aliphatic carbocycles. The molecule has 2 amide bonds. The van der Waals surface area contributed by atoms with Gasteiger partial charge in [0.05, 0.1) is 18.9 Å². The fourth-order valence-corrected chi connectivity index (χ4v) is 6.54. The molecule has 0 aromatic carbocycles. The van der Waals surface area contributed by atoms with E-state index in [1.165, 1.54) is 17.9 Å². The lowest BCUT2D eigenvalue weighted by atomic mass is 9.97. The summed E-state index contributed by atoms with van der Waals surface area (Å²) in [5.41, 5.74) is 3.60. The number of rotatable bonds is 6. The summed E-state index contributed by atoms with van der Waals surface area (Å²) in [6.07, 6.45) is 12.9. The maximum atomic E-state index is 13.6.